The topological polar surface area (TPSA) is 72.3 Å². The molecule has 4 rings (SSSR count). The number of fused-ring (bicyclic) bond motifs is 1. The third kappa shape index (κ3) is 4.74. The zero-order chi connectivity index (χ0) is 21.1. The van der Waals surface area contributed by atoms with E-state index in [0.717, 1.165) is 29.9 Å². The second-order valence-electron chi connectivity index (χ2n) is 8.04. The standard InChI is InChI=1S/C23H27N3O4/c1-16-11-17(2)13-18(12-16)24-22(27)14-25-7-9-26(10-8-25)23(28)21-15-29-19-5-3-4-6-20(19)30-21/h3-6,11-13,21H,7-10,14-15H2,1-2H3,(H,24,27)/p+1/t21-/m1/s1. The van der Waals surface area contributed by atoms with Gasteiger partial charge in [-0.3, -0.25) is 9.59 Å². The van der Waals surface area contributed by atoms with Gasteiger partial charge in [-0.15, -0.1) is 0 Å². The second-order valence-corrected chi connectivity index (χ2v) is 8.04. The maximum Gasteiger partial charge on any atom is 0.279 e. The van der Waals surface area contributed by atoms with Gasteiger partial charge in [0.1, 0.15) is 6.61 Å². The maximum atomic E-state index is 12.8. The van der Waals surface area contributed by atoms with Gasteiger partial charge in [0.15, 0.2) is 18.0 Å². The van der Waals surface area contributed by atoms with E-state index in [1.807, 2.05) is 55.1 Å². The molecule has 2 heterocycles. The van der Waals surface area contributed by atoms with Gasteiger partial charge in [-0.05, 0) is 49.2 Å². The molecule has 2 N–H and O–H groups in total. The fourth-order valence-electron chi connectivity index (χ4n) is 4.04. The van der Waals surface area contributed by atoms with Crippen LogP contribution < -0.4 is 19.7 Å². The van der Waals surface area contributed by atoms with Crippen LogP contribution in [0.1, 0.15) is 11.1 Å². The molecule has 1 fully saturated rings. The molecule has 0 spiro atoms. The van der Waals surface area contributed by atoms with Crippen LogP contribution >= 0.6 is 0 Å². The van der Waals surface area contributed by atoms with Crippen molar-refractivity contribution in [2.45, 2.75) is 20.0 Å². The van der Waals surface area contributed by atoms with Crippen molar-refractivity contribution in [3.63, 3.8) is 0 Å². The highest BCUT2D eigenvalue weighted by molar-refractivity contribution is 5.91. The Balaban J connectivity index is 1.25. The van der Waals surface area contributed by atoms with Gasteiger partial charge in [-0.2, -0.15) is 0 Å². The van der Waals surface area contributed by atoms with Gasteiger partial charge in [-0.25, -0.2) is 0 Å². The van der Waals surface area contributed by atoms with Gasteiger partial charge in [-0.1, -0.05) is 18.2 Å². The molecule has 2 amide bonds. The van der Waals surface area contributed by atoms with E-state index >= 15 is 0 Å². The highest BCUT2D eigenvalue weighted by Gasteiger charge is 2.34. The van der Waals surface area contributed by atoms with Crippen LogP contribution in [0.25, 0.3) is 0 Å². The normalized spacial score (nSPS) is 18.7. The molecule has 158 valence electrons. The maximum absolute atomic E-state index is 12.8. The van der Waals surface area contributed by atoms with Crippen molar-refractivity contribution in [2.75, 3.05) is 44.6 Å². The number of piperazine rings is 1. The summed E-state index contributed by atoms with van der Waals surface area (Å²) in [7, 11) is 0. The van der Waals surface area contributed by atoms with E-state index in [9.17, 15) is 9.59 Å². The number of aryl methyl sites for hydroxylation is 2. The van der Waals surface area contributed by atoms with Gasteiger partial charge >= 0.3 is 0 Å². The molecule has 1 saturated heterocycles. The molecule has 2 aliphatic rings. The average Bonchev–Trinajstić information content (AvgIpc) is 2.72. The number of quaternary nitrogens is 1. The predicted molar refractivity (Wildman–Crippen MR) is 113 cm³/mol. The molecule has 7 nitrogen and oxygen atoms in total. The van der Waals surface area contributed by atoms with Crippen LogP contribution in [0.3, 0.4) is 0 Å². The Morgan fingerprint density at radius 3 is 2.43 bits per heavy atom. The number of nitrogens with zero attached hydrogens (tertiary/aromatic N) is 1. The van der Waals surface area contributed by atoms with E-state index in [4.69, 9.17) is 9.47 Å². The zero-order valence-electron chi connectivity index (χ0n) is 17.4. The summed E-state index contributed by atoms with van der Waals surface area (Å²) in [6.07, 6.45) is -0.616. The quantitative estimate of drug-likeness (QED) is 0.783. The Morgan fingerprint density at radius 2 is 1.73 bits per heavy atom. The third-order valence-electron chi connectivity index (χ3n) is 5.48. The lowest BCUT2D eigenvalue weighted by Gasteiger charge is -2.35. The molecule has 0 aliphatic carbocycles. The molecule has 2 aliphatic heterocycles. The minimum absolute atomic E-state index is 0.00426. The zero-order valence-corrected chi connectivity index (χ0v) is 17.4. The van der Waals surface area contributed by atoms with Crippen LogP contribution in [0.5, 0.6) is 11.5 Å². The van der Waals surface area contributed by atoms with Crippen molar-refractivity contribution in [1.29, 1.82) is 0 Å². The van der Waals surface area contributed by atoms with E-state index in [1.165, 1.54) is 4.90 Å². The monoisotopic (exact) mass is 410 g/mol. The fourth-order valence-corrected chi connectivity index (χ4v) is 4.04. The van der Waals surface area contributed by atoms with Crippen molar-refractivity contribution in [3.05, 3.63) is 53.6 Å². The van der Waals surface area contributed by atoms with E-state index in [2.05, 4.69) is 11.4 Å². The molecule has 0 unspecified atom stereocenters. The summed E-state index contributed by atoms with van der Waals surface area (Å²) < 4.78 is 11.5. The molecule has 0 bridgehead atoms. The summed E-state index contributed by atoms with van der Waals surface area (Å²) in [5.41, 5.74) is 3.09. The molecule has 0 radical (unpaired) electrons. The summed E-state index contributed by atoms with van der Waals surface area (Å²) >= 11 is 0. The Bertz CT molecular complexity index is 918. The third-order valence-corrected chi connectivity index (χ3v) is 5.48. The highest BCUT2D eigenvalue weighted by Crippen LogP contribution is 2.31. The first kappa shape index (κ1) is 20.2. The van der Waals surface area contributed by atoms with E-state index in [1.54, 1.807) is 0 Å². The predicted octanol–water partition coefficient (Wildman–Crippen LogP) is 0.809. The van der Waals surface area contributed by atoms with Crippen LogP contribution in [0.15, 0.2) is 42.5 Å². The number of ether oxygens (including phenoxy) is 2. The molecule has 1 atom stereocenters. The minimum atomic E-state index is -0.616. The number of nitrogens with one attached hydrogen (secondary N) is 2. The number of para-hydroxylation sites is 2. The van der Waals surface area contributed by atoms with Crippen LogP contribution in [0, 0.1) is 13.8 Å². The first-order valence-electron chi connectivity index (χ1n) is 10.4. The summed E-state index contributed by atoms with van der Waals surface area (Å²) in [6, 6.07) is 13.4. The second kappa shape index (κ2) is 8.75. The number of hydrogen-bond donors (Lipinski definition) is 2. The fraction of sp³-hybridized carbons (Fsp3) is 0.391. The van der Waals surface area contributed by atoms with Gasteiger partial charge in [0, 0.05) is 5.69 Å². The number of hydrogen-bond acceptors (Lipinski definition) is 4. The molecule has 0 aromatic heterocycles. The van der Waals surface area contributed by atoms with Crippen molar-refractivity contribution in [3.8, 4) is 11.5 Å². The van der Waals surface area contributed by atoms with Gasteiger partial charge in [0.05, 0.1) is 26.2 Å². The molecular formula is C23H28N3O4+. The Kier molecular flexibility index (Phi) is 5.90. The molecular weight excluding hydrogens is 382 g/mol. The first-order valence-corrected chi connectivity index (χ1v) is 10.4. The molecule has 2 aromatic rings. The Hall–Kier alpha value is -3.06. The molecule has 7 heteroatoms. The number of rotatable bonds is 4. The van der Waals surface area contributed by atoms with Crippen molar-refractivity contribution in [2.24, 2.45) is 0 Å². The molecule has 0 saturated carbocycles. The number of benzene rings is 2. The largest absolute Gasteiger partial charge is 0.485 e. The van der Waals surface area contributed by atoms with Crippen molar-refractivity contribution >= 4 is 17.5 Å². The first-order chi connectivity index (χ1) is 14.5. The van der Waals surface area contributed by atoms with Gasteiger partial charge in [0.2, 0.25) is 6.10 Å². The molecule has 30 heavy (non-hydrogen) atoms. The summed E-state index contributed by atoms with van der Waals surface area (Å²) in [4.78, 5) is 28.2. The Labute approximate surface area is 176 Å². The summed E-state index contributed by atoms with van der Waals surface area (Å²) in [5.74, 6) is 1.22. The average molecular weight is 410 g/mol. The van der Waals surface area contributed by atoms with Crippen LogP contribution in [-0.4, -0.2) is 62.1 Å². The van der Waals surface area contributed by atoms with E-state index in [-0.39, 0.29) is 18.4 Å². The summed E-state index contributed by atoms with van der Waals surface area (Å²) in [6.45, 7) is 7.33. The Morgan fingerprint density at radius 1 is 1.07 bits per heavy atom. The smallest absolute Gasteiger partial charge is 0.279 e. The van der Waals surface area contributed by atoms with Gasteiger partial charge in [0.25, 0.3) is 11.8 Å². The van der Waals surface area contributed by atoms with E-state index < -0.39 is 6.10 Å². The number of carbonyl (C=O) groups is 2. The molecule has 2 aromatic carbocycles. The SMILES string of the molecule is Cc1cc(C)cc(NC(=O)C[NH+]2CCN(C(=O)[C@H]3COc4ccccc4O3)CC2)c1. The minimum Gasteiger partial charge on any atom is -0.485 e. The van der Waals surface area contributed by atoms with Gasteiger partial charge < -0.3 is 24.6 Å². The number of carbonyl (C=O) groups excluding carboxylic acids is 2. The number of anilines is 1. The lowest BCUT2D eigenvalue weighted by molar-refractivity contribution is -0.895. The highest BCUT2D eigenvalue weighted by atomic mass is 16.6. The van der Waals surface area contributed by atoms with Crippen molar-refractivity contribution < 1.29 is 24.0 Å². The van der Waals surface area contributed by atoms with Crippen LogP contribution in [0.4, 0.5) is 5.69 Å². The summed E-state index contributed by atoms with van der Waals surface area (Å²) in [5, 5.41) is 2.99. The van der Waals surface area contributed by atoms with E-state index in [0.29, 0.717) is 31.1 Å². The number of amides is 2. The lowest BCUT2D eigenvalue weighted by Crippen LogP contribution is -3.15. The lowest BCUT2D eigenvalue weighted by atomic mass is 10.1. The van der Waals surface area contributed by atoms with Crippen LogP contribution in [-0.2, 0) is 9.59 Å². The van der Waals surface area contributed by atoms with Crippen LogP contribution in [0.2, 0.25) is 0 Å². The van der Waals surface area contributed by atoms with Crippen molar-refractivity contribution in [1.82, 2.24) is 4.90 Å².